The standard InChI is InChI=1S/C16H19NO5.C15H21NO4.C9H15NO2.4H2S/c1-3-21-15(19)13(10-9-12-7-5-4-6-8-12)17-11(2)14(18)22-16(17)20;1-3-20-15(19)13(16-11(2)14(17)18)10-9-12-7-5-4-6-8-12;11-9(12)8-5-6-3-1-2-4-7(6)10-8;;;;/h4-8,11,13H,3,9-10H2,1-2H3;4-8,11,13,16H,3,9-10H2,1-2H3,(H,17,18);6-8,10H,1-5H2,(H,11,12);4*1H2/t2*11-,13?;6-,7+,8+;;;;/m001..../s1. The molecule has 2 saturated heterocycles. The van der Waals surface area contributed by atoms with Crippen LogP contribution in [0.1, 0.15) is 83.8 Å². The number of esters is 3. The first kappa shape index (κ1) is 56.7. The number of carbonyl (C=O) groups is 6. The SMILES string of the molecule is CCOC(=O)C(CCc1ccccc1)N1C(=O)OC(=O)[C@@H]1C.CCOC(=O)C(CCc1ccccc1)N[C@@H](C)C(=O)O.O=C(O)[C@@H]1C[C@H]2CCCC[C@@H]2N1.S.S.S.S. The lowest BCUT2D eigenvalue weighted by molar-refractivity contribution is -0.149. The quantitative estimate of drug-likeness (QED) is 0.106. The molecule has 0 aromatic heterocycles. The number of carboxylic acids is 2. The molecular formula is C40H63N3O11S4. The number of fused-ring (bicyclic) bond motifs is 1. The fourth-order valence-corrected chi connectivity index (χ4v) is 6.80. The minimum absolute atomic E-state index is 0. The van der Waals surface area contributed by atoms with E-state index in [4.69, 9.17) is 19.7 Å². The molecule has 2 aromatic carbocycles. The third-order valence-electron chi connectivity index (χ3n) is 9.72. The summed E-state index contributed by atoms with van der Waals surface area (Å²) in [5, 5.41) is 23.7. The molecule has 1 saturated carbocycles. The summed E-state index contributed by atoms with van der Waals surface area (Å²) in [5.41, 5.74) is 2.15. The number of ether oxygens (including phenoxy) is 3. The molecule has 5 rings (SSSR count). The average Bonchev–Trinajstić information content (AvgIpc) is 3.71. The summed E-state index contributed by atoms with van der Waals surface area (Å²) in [7, 11) is 0. The first-order chi connectivity index (χ1) is 25.9. The number of carboxylic acid groups (broad SMARTS) is 2. The molecule has 3 aliphatic rings. The molecule has 1 aliphatic carbocycles. The lowest BCUT2D eigenvalue weighted by Crippen LogP contribution is -2.47. The second kappa shape index (κ2) is 29.7. The minimum atomic E-state index is -0.987. The van der Waals surface area contributed by atoms with Gasteiger partial charge in [0.25, 0.3) is 0 Å². The summed E-state index contributed by atoms with van der Waals surface area (Å²) in [6, 6.07) is 16.6. The van der Waals surface area contributed by atoms with Crippen molar-refractivity contribution < 1.29 is 53.2 Å². The average molecular weight is 890 g/mol. The van der Waals surface area contributed by atoms with E-state index in [2.05, 4.69) is 15.4 Å². The lowest BCUT2D eigenvalue weighted by Gasteiger charge is -2.26. The summed E-state index contributed by atoms with van der Waals surface area (Å²) in [4.78, 5) is 70.1. The number of benzene rings is 2. The number of rotatable bonds is 15. The molecule has 2 unspecified atom stereocenters. The van der Waals surface area contributed by atoms with Crippen LogP contribution in [-0.2, 0) is 51.0 Å². The number of cyclic esters (lactones) is 2. The molecule has 0 spiro atoms. The van der Waals surface area contributed by atoms with Crippen molar-refractivity contribution in [1.29, 1.82) is 0 Å². The number of hydrogen-bond donors (Lipinski definition) is 4. The van der Waals surface area contributed by atoms with Crippen LogP contribution >= 0.6 is 54.0 Å². The van der Waals surface area contributed by atoms with Crippen LogP contribution in [0.15, 0.2) is 60.7 Å². The molecule has 58 heavy (non-hydrogen) atoms. The number of carbonyl (C=O) groups excluding carboxylic acids is 4. The van der Waals surface area contributed by atoms with Crippen molar-refractivity contribution in [2.45, 2.75) is 122 Å². The highest BCUT2D eigenvalue weighted by atomic mass is 32.1. The summed E-state index contributed by atoms with van der Waals surface area (Å²) in [5.74, 6) is -2.59. The number of aliphatic carboxylic acids is 2. The number of amides is 1. The van der Waals surface area contributed by atoms with Crippen LogP contribution in [0.3, 0.4) is 0 Å². The van der Waals surface area contributed by atoms with Gasteiger partial charge < -0.3 is 29.7 Å². The van der Waals surface area contributed by atoms with Gasteiger partial charge in [-0.1, -0.05) is 73.5 Å². The van der Waals surface area contributed by atoms with Gasteiger partial charge in [-0.15, -0.1) is 0 Å². The molecule has 2 aromatic rings. The fourth-order valence-electron chi connectivity index (χ4n) is 6.80. The van der Waals surface area contributed by atoms with Crippen LogP contribution < -0.4 is 10.6 Å². The molecular weight excluding hydrogens is 827 g/mol. The molecule has 0 bridgehead atoms. The van der Waals surface area contributed by atoms with Crippen LogP contribution in [0.25, 0.3) is 0 Å². The Morgan fingerprint density at radius 3 is 1.81 bits per heavy atom. The van der Waals surface area contributed by atoms with Crippen molar-refractivity contribution in [2.24, 2.45) is 5.92 Å². The summed E-state index contributed by atoms with van der Waals surface area (Å²) in [6.45, 7) is 6.98. The van der Waals surface area contributed by atoms with Gasteiger partial charge in [0.1, 0.15) is 30.2 Å². The molecule has 4 N–H and O–H groups in total. The zero-order valence-corrected chi connectivity index (χ0v) is 37.6. The monoisotopic (exact) mass is 889 g/mol. The number of nitrogens with one attached hydrogen (secondary N) is 2. The van der Waals surface area contributed by atoms with Gasteiger partial charge >= 0.3 is 35.9 Å². The van der Waals surface area contributed by atoms with Crippen molar-refractivity contribution in [3.63, 3.8) is 0 Å². The maximum atomic E-state index is 12.2. The molecule has 2 aliphatic heterocycles. The Hall–Kier alpha value is -3.42. The van der Waals surface area contributed by atoms with Crippen molar-refractivity contribution in [3.8, 4) is 0 Å². The van der Waals surface area contributed by atoms with E-state index < -0.39 is 60.1 Å². The summed E-state index contributed by atoms with van der Waals surface area (Å²) in [6.07, 6.45) is 7.16. The van der Waals surface area contributed by atoms with E-state index in [0.29, 0.717) is 37.6 Å². The van der Waals surface area contributed by atoms with Gasteiger partial charge in [-0.2, -0.15) is 54.0 Å². The fraction of sp³-hybridized carbons (Fsp3) is 0.550. The molecule has 18 heteroatoms. The van der Waals surface area contributed by atoms with Crippen LogP contribution in [0, 0.1) is 5.92 Å². The van der Waals surface area contributed by atoms with Crippen molar-refractivity contribution in [2.75, 3.05) is 13.2 Å². The second-order valence-electron chi connectivity index (χ2n) is 13.6. The van der Waals surface area contributed by atoms with E-state index in [1.807, 2.05) is 60.7 Å². The van der Waals surface area contributed by atoms with Crippen LogP contribution in [-0.4, -0.2) is 101 Å². The highest BCUT2D eigenvalue weighted by Gasteiger charge is 2.45. The first-order valence-electron chi connectivity index (χ1n) is 18.8. The van der Waals surface area contributed by atoms with E-state index in [1.165, 1.54) is 37.5 Å². The Morgan fingerprint density at radius 2 is 1.34 bits per heavy atom. The van der Waals surface area contributed by atoms with Gasteiger partial charge in [0, 0.05) is 6.04 Å². The topological polar surface area (TPSA) is 198 Å². The van der Waals surface area contributed by atoms with Gasteiger partial charge in [0.15, 0.2) is 0 Å². The smallest absolute Gasteiger partial charge is 0.419 e. The van der Waals surface area contributed by atoms with Crippen molar-refractivity contribution in [3.05, 3.63) is 71.8 Å². The molecule has 0 radical (unpaired) electrons. The molecule has 14 nitrogen and oxygen atoms in total. The predicted molar refractivity (Wildman–Crippen MR) is 240 cm³/mol. The van der Waals surface area contributed by atoms with Crippen LogP contribution in [0.5, 0.6) is 0 Å². The zero-order valence-electron chi connectivity index (χ0n) is 33.6. The summed E-state index contributed by atoms with van der Waals surface area (Å²) < 4.78 is 14.6. The highest BCUT2D eigenvalue weighted by Crippen LogP contribution is 2.33. The lowest BCUT2D eigenvalue weighted by atomic mass is 9.85. The van der Waals surface area contributed by atoms with E-state index in [-0.39, 0.29) is 73.2 Å². The third kappa shape index (κ3) is 18.2. The Morgan fingerprint density at radius 1 is 0.828 bits per heavy atom. The van der Waals surface area contributed by atoms with E-state index in [9.17, 15) is 28.8 Å². The predicted octanol–water partition coefficient (Wildman–Crippen LogP) is 4.97. The maximum Gasteiger partial charge on any atom is 0.419 e. The number of hydrogen-bond acceptors (Lipinski definition) is 11. The van der Waals surface area contributed by atoms with Gasteiger partial charge in [0.2, 0.25) is 0 Å². The Kier molecular flexibility index (Phi) is 29.1. The molecule has 328 valence electrons. The van der Waals surface area contributed by atoms with Gasteiger partial charge in [-0.25, -0.2) is 14.4 Å². The van der Waals surface area contributed by atoms with E-state index in [0.717, 1.165) is 17.5 Å². The first-order valence-corrected chi connectivity index (χ1v) is 18.8. The normalized spacial score (nSPS) is 20.3. The summed E-state index contributed by atoms with van der Waals surface area (Å²) >= 11 is 0. The largest absolute Gasteiger partial charge is 0.480 e. The molecule has 7 atom stereocenters. The highest BCUT2D eigenvalue weighted by molar-refractivity contribution is 7.59. The van der Waals surface area contributed by atoms with Crippen LogP contribution in [0.4, 0.5) is 4.79 Å². The zero-order chi connectivity index (χ0) is 39.6. The van der Waals surface area contributed by atoms with E-state index in [1.54, 1.807) is 20.8 Å². The minimum Gasteiger partial charge on any atom is -0.480 e. The molecule has 2 heterocycles. The van der Waals surface area contributed by atoms with Gasteiger partial charge in [0.05, 0.1) is 13.2 Å². The van der Waals surface area contributed by atoms with E-state index >= 15 is 0 Å². The van der Waals surface area contributed by atoms with Gasteiger partial charge in [-0.05, 0) is 89.7 Å². The Labute approximate surface area is 369 Å². The van der Waals surface area contributed by atoms with Gasteiger partial charge in [-0.3, -0.25) is 24.6 Å². The molecule has 3 fully saturated rings. The van der Waals surface area contributed by atoms with Crippen molar-refractivity contribution >= 4 is 89.9 Å². The molecule has 1 amide bonds. The Bertz CT molecular complexity index is 1530. The number of nitrogens with zero attached hydrogens (tertiary/aromatic N) is 1. The number of aryl methyl sites for hydroxylation is 2. The second-order valence-corrected chi connectivity index (χ2v) is 13.6. The van der Waals surface area contributed by atoms with Crippen LogP contribution in [0.2, 0.25) is 0 Å². The Balaban J connectivity index is 0. The van der Waals surface area contributed by atoms with Crippen molar-refractivity contribution in [1.82, 2.24) is 15.5 Å². The third-order valence-corrected chi connectivity index (χ3v) is 9.72. The maximum absolute atomic E-state index is 12.2.